The van der Waals surface area contributed by atoms with Crippen molar-refractivity contribution in [1.29, 1.82) is 0 Å². The van der Waals surface area contributed by atoms with Crippen molar-refractivity contribution in [3.05, 3.63) is 130 Å². The zero-order chi connectivity index (χ0) is 26.2. The minimum Gasteiger partial charge on any atom is -0.481 e. The van der Waals surface area contributed by atoms with Crippen LogP contribution in [-0.2, 0) is 17.8 Å². The SMILES string of the molecule is O=C(O)Cc1c(C(=O)c2ccc(-c3ccccc3)cc2)n(Cc2csc3ccc(Cl)cc23)c2ccccc12. The number of halogens is 1. The van der Waals surface area contributed by atoms with Crippen LogP contribution in [0.4, 0.5) is 0 Å². The van der Waals surface area contributed by atoms with E-state index in [9.17, 15) is 14.7 Å². The maximum Gasteiger partial charge on any atom is 0.307 e. The number of carbonyl (C=O) groups is 2. The van der Waals surface area contributed by atoms with E-state index in [1.54, 1.807) is 11.3 Å². The van der Waals surface area contributed by atoms with Crippen LogP contribution in [0.5, 0.6) is 0 Å². The van der Waals surface area contributed by atoms with E-state index in [2.05, 4.69) is 5.38 Å². The number of hydrogen-bond acceptors (Lipinski definition) is 3. The Balaban J connectivity index is 1.50. The molecule has 6 rings (SSSR count). The smallest absolute Gasteiger partial charge is 0.307 e. The Labute approximate surface area is 228 Å². The largest absolute Gasteiger partial charge is 0.481 e. The van der Waals surface area contributed by atoms with Gasteiger partial charge in [-0.1, -0.05) is 84.4 Å². The number of carbonyl (C=O) groups excluding carboxylic acids is 1. The van der Waals surface area contributed by atoms with Gasteiger partial charge in [-0.3, -0.25) is 9.59 Å². The van der Waals surface area contributed by atoms with Crippen molar-refractivity contribution >= 4 is 55.7 Å². The lowest BCUT2D eigenvalue weighted by atomic mass is 9.98. The zero-order valence-electron chi connectivity index (χ0n) is 20.2. The number of hydrogen-bond donors (Lipinski definition) is 1. The second-order valence-electron chi connectivity index (χ2n) is 9.17. The number of ketones is 1. The van der Waals surface area contributed by atoms with Crippen LogP contribution in [0.25, 0.3) is 32.1 Å². The van der Waals surface area contributed by atoms with Crippen molar-refractivity contribution in [1.82, 2.24) is 4.57 Å². The number of fused-ring (bicyclic) bond motifs is 2. The minimum absolute atomic E-state index is 0.199. The van der Waals surface area contributed by atoms with Crippen LogP contribution in [-0.4, -0.2) is 21.4 Å². The van der Waals surface area contributed by atoms with Crippen molar-refractivity contribution in [2.75, 3.05) is 0 Å². The fraction of sp³-hybridized carbons (Fsp3) is 0.0625. The molecule has 0 unspecified atom stereocenters. The van der Waals surface area contributed by atoms with Gasteiger partial charge in [0.25, 0.3) is 0 Å². The number of aliphatic carboxylic acids is 1. The molecule has 0 atom stereocenters. The van der Waals surface area contributed by atoms with Gasteiger partial charge in [-0.2, -0.15) is 0 Å². The summed E-state index contributed by atoms with van der Waals surface area (Å²) < 4.78 is 3.07. The normalized spacial score (nSPS) is 11.3. The third kappa shape index (κ3) is 4.40. The van der Waals surface area contributed by atoms with Crippen LogP contribution in [0.2, 0.25) is 5.02 Å². The standard InChI is InChI=1S/C32H22ClNO3S/c33-24-14-15-29-26(16-24)23(19-38-29)18-34-28-9-5-4-8-25(28)27(17-30(35)36)31(34)32(37)22-12-10-21(11-13-22)20-6-2-1-3-7-20/h1-16,19H,17-18H2,(H,35,36). The number of carboxylic acids is 1. The van der Waals surface area contributed by atoms with E-state index in [1.807, 2.05) is 102 Å². The number of aromatic nitrogens is 1. The molecule has 0 fully saturated rings. The summed E-state index contributed by atoms with van der Waals surface area (Å²) in [6.07, 6.45) is -0.243. The second-order valence-corrected chi connectivity index (χ2v) is 10.5. The highest BCUT2D eigenvalue weighted by molar-refractivity contribution is 7.17. The molecule has 38 heavy (non-hydrogen) atoms. The summed E-state index contributed by atoms with van der Waals surface area (Å²) in [5.74, 6) is -1.18. The Hall–Kier alpha value is -4.19. The van der Waals surface area contributed by atoms with E-state index in [1.165, 1.54) is 0 Å². The summed E-state index contributed by atoms with van der Waals surface area (Å²) in [5, 5.41) is 14.3. The van der Waals surface area contributed by atoms with Gasteiger partial charge in [-0.05, 0) is 51.7 Å². The van der Waals surface area contributed by atoms with Gasteiger partial charge in [0.15, 0.2) is 0 Å². The fourth-order valence-corrected chi connectivity index (χ4v) is 6.16. The summed E-state index contributed by atoms with van der Waals surface area (Å²) in [6, 6.07) is 30.9. The summed E-state index contributed by atoms with van der Waals surface area (Å²) in [7, 11) is 0. The van der Waals surface area contributed by atoms with Gasteiger partial charge in [-0.25, -0.2) is 0 Å². The predicted octanol–water partition coefficient (Wildman–Crippen LogP) is 8.08. The number of thiophene rings is 1. The van der Waals surface area contributed by atoms with E-state index >= 15 is 0 Å². The topological polar surface area (TPSA) is 59.3 Å². The maximum atomic E-state index is 14.1. The Bertz CT molecular complexity index is 1820. The molecular weight excluding hydrogens is 514 g/mol. The molecule has 0 amide bonds. The number of rotatable bonds is 7. The third-order valence-corrected chi connectivity index (χ3v) is 8.06. The summed E-state index contributed by atoms with van der Waals surface area (Å²) >= 11 is 7.93. The summed E-state index contributed by atoms with van der Waals surface area (Å²) in [4.78, 5) is 26.0. The molecule has 0 saturated carbocycles. The molecule has 4 aromatic carbocycles. The van der Waals surface area contributed by atoms with Crippen LogP contribution in [0.15, 0.2) is 102 Å². The molecule has 186 valence electrons. The van der Waals surface area contributed by atoms with E-state index < -0.39 is 5.97 Å². The molecule has 0 aliphatic heterocycles. The fourth-order valence-electron chi connectivity index (χ4n) is 5.06. The van der Waals surface area contributed by atoms with Crippen molar-refractivity contribution < 1.29 is 14.7 Å². The van der Waals surface area contributed by atoms with Gasteiger partial charge in [0.05, 0.1) is 12.1 Å². The first-order valence-corrected chi connectivity index (χ1v) is 13.4. The number of benzene rings is 4. The highest BCUT2D eigenvalue weighted by Crippen LogP contribution is 2.34. The Morgan fingerprint density at radius 1 is 0.816 bits per heavy atom. The molecule has 4 nitrogen and oxygen atoms in total. The summed E-state index contributed by atoms with van der Waals surface area (Å²) in [6.45, 7) is 0.420. The minimum atomic E-state index is -0.978. The first-order valence-electron chi connectivity index (χ1n) is 12.2. The lowest BCUT2D eigenvalue weighted by molar-refractivity contribution is -0.136. The lowest BCUT2D eigenvalue weighted by Crippen LogP contribution is -2.14. The quantitative estimate of drug-likeness (QED) is 0.210. The molecule has 0 bridgehead atoms. The van der Waals surface area contributed by atoms with Crippen molar-refractivity contribution in [3.8, 4) is 11.1 Å². The molecule has 0 radical (unpaired) electrons. The number of para-hydroxylation sites is 1. The van der Waals surface area contributed by atoms with Crippen LogP contribution in [0, 0.1) is 0 Å². The van der Waals surface area contributed by atoms with Crippen LogP contribution >= 0.6 is 22.9 Å². The number of nitrogens with zero attached hydrogens (tertiary/aromatic N) is 1. The van der Waals surface area contributed by atoms with E-state index in [0.717, 1.165) is 37.7 Å². The first kappa shape index (κ1) is 24.2. The van der Waals surface area contributed by atoms with Crippen LogP contribution in [0.1, 0.15) is 27.2 Å². The van der Waals surface area contributed by atoms with Crippen molar-refractivity contribution in [2.45, 2.75) is 13.0 Å². The van der Waals surface area contributed by atoms with E-state index in [-0.39, 0.29) is 12.2 Å². The highest BCUT2D eigenvalue weighted by atomic mass is 35.5. The van der Waals surface area contributed by atoms with Gasteiger partial charge >= 0.3 is 5.97 Å². The van der Waals surface area contributed by atoms with Gasteiger partial charge < -0.3 is 9.67 Å². The van der Waals surface area contributed by atoms with Crippen LogP contribution in [0.3, 0.4) is 0 Å². The maximum absolute atomic E-state index is 14.1. The highest BCUT2D eigenvalue weighted by Gasteiger charge is 2.26. The van der Waals surface area contributed by atoms with E-state index in [4.69, 9.17) is 11.6 Å². The molecule has 0 saturated heterocycles. The van der Waals surface area contributed by atoms with Gasteiger partial charge in [0.2, 0.25) is 5.78 Å². The Morgan fingerprint density at radius 3 is 2.29 bits per heavy atom. The molecule has 0 aliphatic carbocycles. The van der Waals surface area contributed by atoms with E-state index in [0.29, 0.717) is 28.4 Å². The molecule has 2 aromatic heterocycles. The van der Waals surface area contributed by atoms with Crippen molar-refractivity contribution in [2.24, 2.45) is 0 Å². The van der Waals surface area contributed by atoms with Gasteiger partial charge in [-0.15, -0.1) is 11.3 Å². The molecular formula is C32H22ClNO3S. The Kier molecular flexibility index (Phi) is 6.32. The van der Waals surface area contributed by atoms with Gasteiger partial charge in [0, 0.05) is 38.3 Å². The van der Waals surface area contributed by atoms with Crippen molar-refractivity contribution in [3.63, 3.8) is 0 Å². The molecule has 0 spiro atoms. The van der Waals surface area contributed by atoms with Gasteiger partial charge in [0.1, 0.15) is 0 Å². The molecule has 1 N–H and O–H groups in total. The monoisotopic (exact) mass is 535 g/mol. The molecule has 2 heterocycles. The molecule has 6 aromatic rings. The Morgan fingerprint density at radius 2 is 1.53 bits per heavy atom. The lowest BCUT2D eigenvalue weighted by Gasteiger charge is -2.12. The third-order valence-electron chi connectivity index (χ3n) is 6.82. The zero-order valence-corrected chi connectivity index (χ0v) is 21.8. The second kappa shape index (κ2) is 9.93. The van der Waals surface area contributed by atoms with Crippen LogP contribution < -0.4 is 0 Å². The predicted molar refractivity (Wildman–Crippen MR) is 155 cm³/mol. The summed E-state index contributed by atoms with van der Waals surface area (Å²) in [5.41, 5.74) is 5.38. The molecule has 0 aliphatic rings. The average molecular weight is 536 g/mol. The number of carboxylic acid groups (broad SMARTS) is 1. The first-order chi connectivity index (χ1) is 18.5. The average Bonchev–Trinajstić information content (AvgIpc) is 3.47. The molecule has 6 heteroatoms.